The summed E-state index contributed by atoms with van der Waals surface area (Å²) < 4.78 is 36.2. The molecule has 8 nitrogen and oxygen atoms in total. The number of anilines is 2. The van der Waals surface area contributed by atoms with E-state index in [1.165, 1.54) is 45.0 Å². The standard InChI is InChI=1S/C20H22N2O6S2/c1-12(8-19(23)21-13-4-6-16(27-2)17(9-13)28-3)30(25,26)14-5-7-18-15(10-14)22-20(24)11-29-18/h4-7,9-10,12H,8,11H2,1-3H3,(H,21,23)(H,22,24). The minimum absolute atomic E-state index is 0.0652. The molecule has 2 N–H and O–H groups in total. The lowest BCUT2D eigenvalue weighted by Gasteiger charge is -2.19. The van der Waals surface area contributed by atoms with Gasteiger partial charge in [0.15, 0.2) is 21.3 Å². The van der Waals surface area contributed by atoms with Crippen molar-refractivity contribution < 1.29 is 27.5 Å². The van der Waals surface area contributed by atoms with Crippen LogP contribution in [0.2, 0.25) is 0 Å². The Bertz CT molecular complexity index is 1080. The van der Waals surface area contributed by atoms with Gasteiger partial charge in [0.25, 0.3) is 0 Å². The van der Waals surface area contributed by atoms with Gasteiger partial charge in [0.05, 0.1) is 35.8 Å². The number of benzene rings is 2. The highest BCUT2D eigenvalue weighted by molar-refractivity contribution is 8.00. The molecule has 160 valence electrons. The summed E-state index contributed by atoms with van der Waals surface area (Å²) in [6, 6.07) is 9.50. The Labute approximate surface area is 179 Å². The molecule has 2 aromatic carbocycles. The van der Waals surface area contributed by atoms with Gasteiger partial charge in [0.1, 0.15) is 0 Å². The zero-order valence-electron chi connectivity index (χ0n) is 16.7. The molecule has 0 aromatic heterocycles. The van der Waals surface area contributed by atoms with Crippen LogP contribution in [0.1, 0.15) is 13.3 Å². The lowest BCUT2D eigenvalue weighted by Crippen LogP contribution is -2.25. The van der Waals surface area contributed by atoms with E-state index in [-0.39, 0.29) is 17.2 Å². The molecule has 0 saturated carbocycles. The summed E-state index contributed by atoms with van der Waals surface area (Å²) in [5.41, 5.74) is 0.940. The molecule has 1 aliphatic rings. The van der Waals surface area contributed by atoms with Gasteiger partial charge in [-0.15, -0.1) is 11.8 Å². The van der Waals surface area contributed by atoms with Crippen molar-refractivity contribution in [2.24, 2.45) is 0 Å². The first-order chi connectivity index (χ1) is 14.2. The van der Waals surface area contributed by atoms with Crippen molar-refractivity contribution in [1.29, 1.82) is 0 Å². The lowest BCUT2D eigenvalue weighted by atomic mass is 10.2. The van der Waals surface area contributed by atoms with Crippen molar-refractivity contribution in [2.75, 3.05) is 30.6 Å². The summed E-state index contributed by atoms with van der Waals surface area (Å²) >= 11 is 1.35. The molecule has 0 radical (unpaired) electrons. The number of amides is 2. The molecule has 30 heavy (non-hydrogen) atoms. The highest BCUT2D eigenvalue weighted by Gasteiger charge is 2.27. The minimum Gasteiger partial charge on any atom is -0.493 e. The van der Waals surface area contributed by atoms with E-state index in [2.05, 4.69) is 10.6 Å². The maximum absolute atomic E-state index is 12.9. The minimum atomic E-state index is -3.77. The van der Waals surface area contributed by atoms with Gasteiger partial charge in [-0.3, -0.25) is 9.59 Å². The SMILES string of the molecule is COc1ccc(NC(=O)CC(C)S(=O)(=O)c2ccc3c(c2)NC(=O)CS3)cc1OC. The Balaban J connectivity index is 1.72. The number of hydrogen-bond acceptors (Lipinski definition) is 7. The van der Waals surface area contributed by atoms with Crippen LogP contribution in [-0.2, 0) is 19.4 Å². The maximum atomic E-state index is 12.9. The number of thioether (sulfide) groups is 1. The Morgan fingerprint density at radius 2 is 1.90 bits per heavy atom. The van der Waals surface area contributed by atoms with E-state index in [1.807, 2.05) is 0 Å². The summed E-state index contributed by atoms with van der Waals surface area (Å²) in [6.45, 7) is 1.48. The smallest absolute Gasteiger partial charge is 0.234 e. The van der Waals surface area contributed by atoms with Crippen LogP contribution in [0.5, 0.6) is 11.5 Å². The van der Waals surface area contributed by atoms with Crippen LogP contribution in [0.25, 0.3) is 0 Å². The van der Waals surface area contributed by atoms with Crippen LogP contribution in [0.3, 0.4) is 0 Å². The summed E-state index contributed by atoms with van der Waals surface area (Å²) in [6.07, 6.45) is -0.227. The molecule has 1 unspecified atom stereocenters. The van der Waals surface area contributed by atoms with Gasteiger partial charge in [-0.1, -0.05) is 0 Å². The second-order valence-corrected chi connectivity index (χ2v) is 10.1. The van der Waals surface area contributed by atoms with Crippen molar-refractivity contribution in [1.82, 2.24) is 0 Å². The Kier molecular flexibility index (Phi) is 6.57. The predicted molar refractivity (Wildman–Crippen MR) is 115 cm³/mol. The molecule has 0 fully saturated rings. The number of hydrogen-bond donors (Lipinski definition) is 2. The van der Waals surface area contributed by atoms with E-state index in [9.17, 15) is 18.0 Å². The van der Waals surface area contributed by atoms with Gasteiger partial charge >= 0.3 is 0 Å². The highest BCUT2D eigenvalue weighted by Crippen LogP contribution is 2.34. The van der Waals surface area contributed by atoms with Crippen LogP contribution >= 0.6 is 11.8 Å². The van der Waals surface area contributed by atoms with Crippen LogP contribution < -0.4 is 20.1 Å². The van der Waals surface area contributed by atoms with Gasteiger partial charge in [-0.05, 0) is 37.3 Å². The van der Waals surface area contributed by atoms with E-state index < -0.39 is 21.0 Å². The van der Waals surface area contributed by atoms with Crippen molar-refractivity contribution in [3.05, 3.63) is 36.4 Å². The zero-order chi connectivity index (χ0) is 21.9. The van der Waals surface area contributed by atoms with Crippen molar-refractivity contribution in [3.8, 4) is 11.5 Å². The van der Waals surface area contributed by atoms with Crippen LogP contribution in [0.15, 0.2) is 46.2 Å². The van der Waals surface area contributed by atoms with Gasteiger partial charge in [0, 0.05) is 23.1 Å². The topological polar surface area (TPSA) is 111 Å². The van der Waals surface area contributed by atoms with Crippen LogP contribution in [0.4, 0.5) is 11.4 Å². The molecular weight excluding hydrogens is 428 g/mol. The average molecular weight is 451 g/mol. The molecule has 3 rings (SSSR count). The second kappa shape index (κ2) is 8.97. The van der Waals surface area contributed by atoms with E-state index >= 15 is 0 Å². The predicted octanol–water partition coefficient (Wildman–Crippen LogP) is 2.94. The summed E-state index contributed by atoms with van der Waals surface area (Å²) in [5, 5.41) is 4.40. The fourth-order valence-electron chi connectivity index (χ4n) is 2.97. The highest BCUT2D eigenvalue weighted by atomic mass is 32.2. The molecule has 0 aliphatic carbocycles. The number of carbonyl (C=O) groups excluding carboxylic acids is 2. The first-order valence-corrected chi connectivity index (χ1v) is 11.6. The van der Waals surface area contributed by atoms with Gasteiger partial charge in [0.2, 0.25) is 11.8 Å². The fraction of sp³-hybridized carbons (Fsp3) is 0.300. The molecule has 1 atom stereocenters. The third-order valence-corrected chi connectivity index (χ3v) is 7.79. The zero-order valence-corrected chi connectivity index (χ0v) is 18.4. The Morgan fingerprint density at radius 1 is 1.17 bits per heavy atom. The quantitative estimate of drug-likeness (QED) is 0.667. The van der Waals surface area contributed by atoms with Crippen molar-refractivity contribution in [2.45, 2.75) is 28.4 Å². The Hall–Kier alpha value is -2.72. The molecule has 0 spiro atoms. The fourth-order valence-corrected chi connectivity index (χ4v) is 5.13. The molecular formula is C20H22N2O6S2. The Morgan fingerprint density at radius 3 is 2.60 bits per heavy atom. The van der Waals surface area contributed by atoms with E-state index in [1.54, 1.807) is 24.3 Å². The van der Waals surface area contributed by atoms with E-state index in [0.29, 0.717) is 28.6 Å². The average Bonchev–Trinajstić information content (AvgIpc) is 2.72. The maximum Gasteiger partial charge on any atom is 0.234 e. The number of fused-ring (bicyclic) bond motifs is 1. The molecule has 1 aliphatic heterocycles. The van der Waals surface area contributed by atoms with Crippen molar-refractivity contribution >= 4 is 44.8 Å². The van der Waals surface area contributed by atoms with Gasteiger partial charge < -0.3 is 20.1 Å². The summed E-state index contributed by atoms with van der Waals surface area (Å²) in [5.74, 6) is 0.643. The largest absolute Gasteiger partial charge is 0.493 e. The van der Waals surface area contributed by atoms with E-state index in [0.717, 1.165) is 4.90 Å². The van der Waals surface area contributed by atoms with Gasteiger partial charge in [-0.25, -0.2) is 8.42 Å². The summed E-state index contributed by atoms with van der Waals surface area (Å²) in [7, 11) is -0.776. The molecule has 1 heterocycles. The number of rotatable bonds is 7. The van der Waals surface area contributed by atoms with Crippen molar-refractivity contribution in [3.63, 3.8) is 0 Å². The monoisotopic (exact) mass is 450 g/mol. The number of sulfone groups is 1. The summed E-state index contributed by atoms with van der Waals surface area (Å²) in [4.78, 5) is 24.9. The van der Waals surface area contributed by atoms with E-state index in [4.69, 9.17) is 9.47 Å². The normalized spacial score (nSPS) is 14.3. The number of methoxy groups -OCH3 is 2. The first-order valence-electron chi connectivity index (χ1n) is 9.07. The number of ether oxygens (including phenoxy) is 2. The third kappa shape index (κ3) is 4.71. The molecule has 10 heteroatoms. The molecule has 0 saturated heterocycles. The van der Waals surface area contributed by atoms with Crippen LogP contribution in [-0.4, -0.2) is 45.5 Å². The number of nitrogens with one attached hydrogen (secondary N) is 2. The van der Waals surface area contributed by atoms with Gasteiger partial charge in [-0.2, -0.15) is 0 Å². The molecule has 2 amide bonds. The number of carbonyl (C=O) groups is 2. The molecule has 2 aromatic rings. The lowest BCUT2D eigenvalue weighted by molar-refractivity contribution is -0.116. The second-order valence-electron chi connectivity index (χ2n) is 6.67. The van der Waals surface area contributed by atoms with Crippen LogP contribution in [0, 0.1) is 0 Å². The molecule has 0 bridgehead atoms. The first kappa shape index (κ1) is 22.0. The third-order valence-electron chi connectivity index (χ3n) is 4.58.